The lowest BCUT2D eigenvalue weighted by Crippen LogP contribution is -2.43. The van der Waals surface area contributed by atoms with Gasteiger partial charge in [0.15, 0.2) is 0 Å². The van der Waals surface area contributed by atoms with E-state index in [1.165, 1.54) is 32.4 Å². The number of rotatable bonds is 4. The summed E-state index contributed by atoms with van der Waals surface area (Å²) in [5, 5.41) is 0. The Labute approximate surface area is 173 Å². The van der Waals surface area contributed by atoms with Crippen molar-refractivity contribution in [3.05, 3.63) is 35.4 Å². The highest BCUT2D eigenvalue weighted by molar-refractivity contribution is 5.94. The van der Waals surface area contributed by atoms with Gasteiger partial charge in [-0.3, -0.25) is 4.79 Å². The van der Waals surface area contributed by atoms with Crippen LogP contribution in [0.1, 0.15) is 60.9 Å². The third-order valence-corrected chi connectivity index (χ3v) is 6.64. The van der Waals surface area contributed by atoms with Gasteiger partial charge in [0.1, 0.15) is 5.60 Å². The van der Waals surface area contributed by atoms with E-state index in [9.17, 15) is 9.59 Å². The van der Waals surface area contributed by atoms with Crippen molar-refractivity contribution in [3.8, 4) is 0 Å². The number of hydrogen-bond acceptors (Lipinski definition) is 4. The van der Waals surface area contributed by atoms with E-state index >= 15 is 0 Å². The molecule has 1 aromatic rings. The number of carbonyl (C=O) groups excluding carboxylic acids is 2. The molecule has 1 spiro atoms. The largest absolute Gasteiger partial charge is 0.451 e. The third-order valence-electron chi connectivity index (χ3n) is 6.64. The summed E-state index contributed by atoms with van der Waals surface area (Å²) >= 11 is 0. The molecule has 0 radical (unpaired) electrons. The molecule has 154 valence electrons. The second kappa shape index (κ2) is 8.83. The minimum absolute atomic E-state index is 0. The lowest BCUT2D eigenvalue weighted by molar-refractivity contribution is -0.137. The van der Waals surface area contributed by atoms with Crippen LogP contribution in [0.3, 0.4) is 0 Å². The van der Waals surface area contributed by atoms with E-state index in [1.54, 1.807) is 0 Å². The molecule has 1 amide bonds. The van der Waals surface area contributed by atoms with E-state index < -0.39 is 5.60 Å². The van der Waals surface area contributed by atoms with Gasteiger partial charge in [-0.1, -0.05) is 24.6 Å². The number of nitrogens with zero attached hydrogens (tertiary/aromatic N) is 2. The van der Waals surface area contributed by atoms with Crippen LogP contribution in [0.25, 0.3) is 0 Å². The molecule has 0 N–H and O–H groups in total. The van der Waals surface area contributed by atoms with E-state index in [0.29, 0.717) is 5.56 Å². The van der Waals surface area contributed by atoms with Crippen LogP contribution in [0.4, 0.5) is 0 Å². The van der Waals surface area contributed by atoms with Crippen molar-refractivity contribution in [3.63, 3.8) is 0 Å². The molecule has 0 atom stereocenters. The Morgan fingerprint density at radius 3 is 2.57 bits per heavy atom. The highest BCUT2D eigenvalue weighted by Crippen LogP contribution is 2.48. The number of amides is 1. The zero-order valence-electron chi connectivity index (χ0n) is 16.7. The summed E-state index contributed by atoms with van der Waals surface area (Å²) in [4.78, 5) is 29.5. The summed E-state index contributed by atoms with van der Waals surface area (Å²) in [6.07, 6.45) is 6.95. The zero-order chi connectivity index (χ0) is 18.9. The van der Waals surface area contributed by atoms with Gasteiger partial charge in [0.25, 0.3) is 0 Å². The summed E-state index contributed by atoms with van der Waals surface area (Å²) in [7, 11) is 1.93. The molecule has 1 aromatic carbocycles. The average molecular weight is 407 g/mol. The van der Waals surface area contributed by atoms with E-state index in [-0.39, 0.29) is 30.2 Å². The van der Waals surface area contributed by atoms with E-state index in [4.69, 9.17) is 4.74 Å². The molecule has 28 heavy (non-hydrogen) atoms. The van der Waals surface area contributed by atoms with Gasteiger partial charge in [0.05, 0.1) is 5.56 Å². The fourth-order valence-electron chi connectivity index (χ4n) is 4.94. The number of fused-ring (bicyclic) bond motifs is 2. The quantitative estimate of drug-likeness (QED) is 0.717. The maximum absolute atomic E-state index is 12.9. The smallest absolute Gasteiger partial charge is 0.339 e. The van der Waals surface area contributed by atoms with Crippen LogP contribution < -0.4 is 0 Å². The van der Waals surface area contributed by atoms with Crippen molar-refractivity contribution in [2.75, 3.05) is 33.2 Å². The fraction of sp³-hybridized carbons (Fsp3) is 0.636. The predicted octanol–water partition coefficient (Wildman–Crippen LogP) is 3.61. The second-order valence-corrected chi connectivity index (χ2v) is 8.37. The fourth-order valence-corrected chi connectivity index (χ4v) is 4.94. The number of halogens is 1. The Morgan fingerprint density at radius 1 is 1.18 bits per heavy atom. The Bertz CT molecular complexity index is 709. The molecule has 4 rings (SSSR count). The minimum Gasteiger partial charge on any atom is -0.451 e. The Hall–Kier alpha value is -1.59. The van der Waals surface area contributed by atoms with Crippen LogP contribution in [0.15, 0.2) is 24.3 Å². The Morgan fingerprint density at radius 2 is 1.86 bits per heavy atom. The standard InChI is InChI=1S/C22H30N2O3.ClH/c1-23(15-16-24-13-5-2-6-14-24)20(25)17-9-11-22(12-10-17)19-8-4-3-7-18(19)21(26)27-22;/h3-4,7-8,17H,2,5-6,9-16H2,1H3;1H. The molecule has 2 fully saturated rings. The number of benzene rings is 1. The van der Waals surface area contributed by atoms with Gasteiger partial charge in [-0.15, -0.1) is 12.4 Å². The number of ether oxygens (including phenoxy) is 1. The van der Waals surface area contributed by atoms with Crippen molar-refractivity contribution in [2.24, 2.45) is 5.92 Å². The van der Waals surface area contributed by atoms with Crippen molar-refractivity contribution >= 4 is 24.3 Å². The Balaban J connectivity index is 0.00000225. The van der Waals surface area contributed by atoms with Gasteiger partial charge in [-0.25, -0.2) is 4.79 Å². The first kappa shape index (κ1) is 21.1. The average Bonchev–Trinajstić information content (AvgIpc) is 2.99. The van der Waals surface area contributed by atoms with Crippen LogP contribution in [-0.2, 0) is 15.1 Å². The number of piperidine rings is 1. The second-order valence-electron chi connectivity index (χ2n) is 8.37. The molecule has 1 saturated carbocycles. The first-order chi connectivity index (χ1) is 13.1. The van der Waals surface area contributed by atoms with Gasteiger partial charge < -0.3 is 14.5 Å². The van der Waals surface area contributed by atoms with Crippen molar-refractivity contribution in [1.82, 2.24) is 9.80 Å². The van der Waals surface area contributed by atoms with Gasteiger partial charge in [0, 0.05) is 31.6 Å². The van der Waals surface area contributed by atoms with Crippen LogP contribution in [-0.4, -0.2) is 54.9 Å². The number of likely N-dealkylation sites (N-methyl/N-ethyl adjacent to an activating group) is 1. The number of hydrogen-bond donors (Lipinski definition) is 0. The number of likely N-dealkylation sites (tertiary alicyclic amines) is 1. The number of carbonyl (C=O) groups is 2. The highest BCUT2D eigenvalue weighted by Gasteiger charge is 2.48. The predicted molar refractivity (Wildman–Crippen MR) is 111 cm³/mol. The molecule has 3 aliphatic rings. The normalized spacial score (nSPS) is 27.0. The molecule has 6 heteroatoms. The van der Waals surface area contributed by atoms with E-state index in [1.807, 2.05) is 36.2 Å². The summed E-state index contributed by atoms with van der Waals surface area (Å²) in [5.41, 5.74) is 1.21. The maximum Gasteiger partial charge on any atom is 0.339 e. The molecular weight excluding hydrogens is 376 g/mol. The zero-order valence-corrected chi connectivity index (χ0v) is 17.5. The molecule has 5 nitrogen and oxygen atoms in total. The third kappa shape index (κ3) is 4.06. The molecule has 0 unspecified atom stereocenters. The van der Waals surface area contributed by atoms with Crippen LogP contribution in [0, 0.1) is 5.92 Å². The summed E-state index contributed by atoms with van der Waals surface area (Å²) in [5.74, 6) is 0.0851. The molecule has 0 aromatic heterocycles. The van der Waals surface area contributed by atoms with Crippen LogP contribution >= 0.6 is 12.4 Å². The first-order valence-corrected chi connectivity index (χ1v) is 10.4. The van der Waals surface area contributed by atoms with E-state index in [0.717, 1.165) is 44.3 Å². The van der Waals surface area contributed by atoms with Gasteiger partial charge in [-0.2, -0.15) is 0 Å². The first-order valence-electron chi connectivity index (χ1n) is 10.4. The molecule has 0 bridgehead atoms. The van der Waals surface area contributed by atoms with E-state index in [2.05, 4.69) is 4.90 Å². The lowest BCUT2D eigenvalue weighted by atomic mass is 9.74. The highest BCUT2D eigenvalue weighted by atomic mass is 35.5. The minimum atomic E-state index is -0.503. The van der Waals surface area contributed by atoms with Crippen molar-refractivity contribution in [1.29, 1.82) is 0 Å². The topological polar surface area (TPSA) is 49.9 Å². The summed E-state index contributed by atoms with van der Waals surface area (Å²) in [6, 6.07) is 7.70. The summed E-state index contributed by atoms with van der Waals surface area (Å²) in [6.45, 7) is 4.11. The monoisotopic (exact) mass is 406 g/mol. The SMILES string of the molecule is CN(CCN1CCCCC1)C(=O)C1CCC2(CC1)OC(=O)c1ccccc12.Cl. The van der Waals surface area contributed by atoms with Gasteiger partial charge in [-0.05, 0) is 57.7 Å². The molecule has 1 aliphatic carbocycles. The number of esters is 1. The van der Waals surface area contributed by atoms with Gasteiger partial charge in [0.2, 0.25) is 5.91 Å². The molecule has 2 aliphatic heterocycles. The Kier molecular flexibility index (Phi) is 6.66. The lowest BCUT2D eigenvalue weighted by Gasteiger charge is -2.37. The van der Waals surface area contributed by atoms with Gasteiger partial charge >= 0.3 is 5.97 Å². The van der Waals surface area contributed by atoms with Crippen molar-refractivity contribution in [2.45, 2.75) is 50.5 Å². The maximum atomic E-state index is 12.9. The van der Waals surface area contributed by atoms with Crippen molar-refractivity contribution < 1.29 is 14.3 Å². The summed E-state index contributed by atoms with van der Waals surface area (Å²) < 4.78 is 5.81. The molecular formula is C22H31ClN2O3. The van der Waals surface area contributed by atoms with Crippen LogP contribution in [0.2, 0.25) is 0 Å². The molecule has 1 saturated heterocycles. The molecule has 2 heterocycles. The van der Waals surface area contributed by atoms with Crippen LogP contribution in [0.5, 0.6) is 0 Å².